The molecule has 7 nitrogen and oxygen atoms in total. The van der Waals surface area contributed by atoms with Crippen molar-refractivity contribution in [2.45, 2.75) is 25.1 Å². The van der Waals surface area contributed by atoms with Gasteiger partial charge in [0.05, 0.1) is 18.3 Å². The first kappa shape index (κ1) is 15.0. The summed E-state index contributed by atoms with van der Waals surface area (Å²) in [6.07, 6.45) is 6.01. The number of hydrogen-bond donors (Lipinski definition) is 2. The van der Waals surface area contributed by atoms with Gasteiger partial charge in [-0.05, 0) is 6.42 Å². The van der Waals surface area contributed by atoms with E-state index in [9.17, 15) is 5.11 Å². The lowest BCUT2D eigenvalue weighted by molar-refractivity contribution is 0.0273. The summed E-state index contributed by atoms with van der Waals surface area (Å²) in [6.45, 7) is 2.69. The maximum absolute atomic E-state index is 10.7. The molecular formula is C17H20N6O. The van der Waals surface area contributed by atoms with Gasteiger partial charge in [0.1, 0.15) is 5.82 Å². The minimum atomic E-state index is -0.754. The van der Waals surface area contributed by atoms with Gasteiger partial charge in [-0.15, -0.1) is 5.10 Å². The Labute approximate surface area is 140 Å². The molecule has 0 bridgehead atoms. The lowest BCUT2D eigenvalue weighted by Gasteiger charge is -2.22. The minimum Gasteiger partial charge on any atom is -0.387 e. The number of aromatic amines is 1. The maximum atomic E-state index is 10.7. The number of benzene rings is 1. The number of β-amino-alcohol motifs (C(OH)–C–C–N with tert-alkyl or cyclic N) is 1. The number of nitrogens with zero attached hydrogens (tertiary/aromatic N) is 5. The van der Waals surface area contributed by atoms with Crippen molar-refractivity contribution in [2.75, 3.05) is 13.1 Å². The summed E-state index contributed by atoms with van der Waals surface area (Å²) in [6, 6.07) is 10.1. The van der Waals surface area contributed by atoms with Crippen molar-refractivity contribution >= 4 is 0 Å². The number of nitrogens with one attached hydrogen (secondary N) is 1. The summed E-state index contributed by atoms with van der Waals surface area (Å²) in [5.74, 6) is 0.877. The van der Waals surface area contributed by atoms with Crippen molar-refractivity contribution in [2.24, 2.45) is 0 Å². The highest BCUT2D eigenvalue weighted by atomic mass is 16.3. The van der Waals surface area contributed by atoms with E-state index in [-0.39, 0.29) is 0 Å². The van der Waals surface area contributed by atoms with Crippen molar-refractivity contribution in [3.8, 4) is 11.4 Å². The standard InChI is InChI=1S/C17H20N6O/c24-17(13-23-9-7-19-21-23)6-8-22(12-17)11-15-10-18-16(20-15)14-4-2-1-3-5-14/h1-5,7,9-10,24H,6,8,11-13H2,(H,18,20). The minimum absolute atomic E-state index is 0.474. The number of hydrogen-bond acceptors (Lipinski definition) is 5. The van der Waals surface area contributed by atoms with E-state index in [1.165, 1.54) is 0 Å². The van der Waals surface area contributed by atoms with Gasteiger partial charge in [-0.1, -0.05) is 35.5 Å². The van der Waals surface area contributed by atoms with Gasteiger partial charge < -0.3 is 10.1 Å². The van der Waals surface area contributed by atoms with Crippen LogP contribution in [0.2, 0.25) is 0 Å². The molecule has 24 heavy (non-hydrogen) atoms. The number of rotatable bonds is 5. The quantitative estimate of drug-likeness (QED) is 0.739. The number of aliphatic hydroxyl groups is 1. The van der Waals surface area contributed by atoms with Gasteiger partial charge in [0.2, 0.25) is 0 Å². The molecule has 3 heterocycles. The highest BCUT2D eigenvalue weighted by molar-refractivity contribution is 5.54. The van der Waals surface area contributed by atoms with Crippen molar-refractivity contribution in [3.05, 3.63) is 54.6 Å². The van der Waals surface area contributed by atoms with Crippen LogP contribution in [0.15, 0.2) is 48.9 Å². The summed E-state index contributed by atoms with van der Waals surface area (Å²) < 4.78 is 1.69. The highest BCUT2D eigenvalue weighted by Gasteiger charge is 2.36. The normalized spacial score (nSPS) is 21.4. The van der Waals surface area contributed by atoms with Crippen LogP contribution in [0.1, 0.15) is 12.1 Å². The van der Waals surface area contributed by atoms with Crippen LogP contribution in [0, 0.1) is 0 Å². The molecule has 1 fully saturated rings. The second kappa shape index (κ2) is 6.18. The summed E-state index contributed by atoms with van der Waals surface area (Å²) in [5, 5.41) is 18.5. The average molecular weight is 324 g/mol. The van der Waals surface area contributed by atoms with Crippen molar-refractivity contribution in [3.63, 3.8) is 0 Å². The van der Waals surface area contributed by atoms with Crippen molar-refractivity contribution in [1.82, 2.24) is 29.9 Å². The Balaban J connectivity index is 1.39. The second-order valence-corrected chi connectivity index (χ2v) is 6.41. The van der Waals surface area contributed by atoms with Crippen molar-refractivity contribution in [1.29, 1.82) is 0 Å². The van der Waals surface area contributed by atoms with Crippen LogP contribution in [0.5, 0.6) is 0 Å². The summed E-state index contributed by atoms with van der Waals surface area (Å²) in [7, 11) is 0. The molecule has 1 aromatic carbocycles. The summed E-state index contributed by atoms with van der Waals surface area (Å²) in [5.41, 5.74) is 1.38. The molecule has 1 atom stereocenters. The topological polar surface area (TPSA) is 82.9 Å². The van der Waals surface area contributed by atoms with Crippen LogP contribution in [0.4, 0.5) is 0 Å². The van der Waals surface area contributed by atoms with Crippen molar-refractivity contribution < 1.29 is 5.11 Å². The predicted octanol–water partition coefficient (Wildman–Crippen LogP) is 1.31. The fraction of sp³-hybridized carbons (Fsp3) is 0.353. The zero-order chi connectivity index (χ0) is 16.4. The zero-order valence-electron chi connectivity index (χ0n) is 13.3. The fourth-order valence-corrected chi connectivity index (χ4v) is 3.25. The SMILES string of the molecule is OC1(Cn2ccnn2)CCN(Cc2cnc(-c3ccccc3)[nH]2)C1. The zero-order valence-corrected chi connectivity index (χ0v) is 13.3. The Morgan fingerprint density at radius 1 is 1.25 bits per heavy atom. The molecule has 1 aliphatic heterocycles. The molecular weight excluding hydrogens is 304 g/mol. The molecule has 7 heteroatoms. The van der Waals surface area contributed by atoms with Crippen LogP contribution in [0.3, 0.4) is 0 Å². The van der Waals surface area contributed by atoms with Gasteiger partial charge in [0, 0.05) is 43.3 Å². The highest BCUT2D eigenvalue weighted by Crippen LogP contribution is 2.24. The monoisotopic (exact) mass is 324 g/mol. The summed E-state index contributed by atoms with van der Waals surface area (Å²) in [4.78, 5) is 10.1. The Morgan fingerprint density at radius 3 is 2.92 bits per heavy atom. The van der Waals surface area contributed by atoms with E-state index in [1.807, 2.05) is 36.5 Å². The smallest absolute Gasteiger partial charge is 0.137 e. The van der Waals surface area contributed by atoms with Crippen LogP contribution in [0.25, 0.3) is 11.4 Å². The van der Waals surface area contributed by atoms with E-state index in [2.05, 4.69) is 25.2 Å². The lowest BCUT2D eigenvalue weighted by atomic mass is 10.0. The molecule has 2 aromatic heterocycles. The van der Waals surface area contributed by atoms with E-state index in [0.29, 0.717) is 13.1 Å². The van der Waals surface area contributed by atoms with Gasteiger partial charge in [0.25, 0.3) is 0 Å². The van der Waals surface area contributed by atoms with Gasteiger partial charge in [-0.2, -0.15) is 0 Å². The van der Waals surface area contributed by atoms with Crippen LogP contribution < -0.4 is 0 Å². The Kier molecular flexibility index (Phi) is 3.87. The molecule has 1 unspecified atom stereocenters. The number of likely N-dealkylation sites (tertiary alicyclic amines) is 1. The van der Waals surface area contributed by atoms with Gasteiger partial charge in [0.15, 0.2) is 0 Å². The molecule has 0 aliphatic carbocycles. The molecule has 0 amide bonds. The number of H-pyrrole nitrogens is 1. The van der Waals surface area contributed by atoms with Gasteiger partial charge in [-0.3, -0.25) is 4.90 Å². The van der Waals surface area contributed by atoms with E-state index < -0.39 is 5.60 Å². The third-order valence-electron chi connectivity index (χ3n) is 4.41. The first-order valence-electron chi connectivity index (χ1n) is 8.08. The number of aromatic nitrogens is 5. The Morgan fingerprint density at radius 2 is 2.12 bits per heavy atom. The molecule has 0 spiro atoms. The second-order valence-electron chi connectivity index (χ2n) is 6.41. The summed E-state index contributed by atoms with van der Waals surface area (Å²) >= 11 is 0. The third-order valence-corrected chi connectivity index (χ3v) is 4.41. The largest absolute Gasteiger partial charge is 0.387 e. The van der Waals surface area contributed by atoms with E-state index in [0.717, 1.165) is 36.6 Å². The Bertz CT molecular complexity index is 785. The average Bonchev–Trinajstić information content (AvgIpc) is 3.32. The predicted molar refractivity (Wildman–Crippen MR) is 88.9 cm³/mol. The first-order chi connectivity index (χ1) is 11.7. The van der Waals surface area contributed by atoms with E-state index in [1.54, 1.807) is 17.1 Å². The molecule has 124 valence electrons. The molecule has 0 radical (unpaired) electrons. The number of imidazole rings is 1. The molecule has 1 saturated heterocycles. The van der Waals surface area contributed by atoms with Crippen LogP contribution in [-0.2, 0) is 13.1 Å². The maximum Gasteiger partial charge on any atom is 0.137 e. The van der Waals surface area contributed by atoms with Crippen LogP contribution >= 0.6 is 0 Å². The van der Waals surface area contributed by atoms with E-state index in [4.69, 9.17) is 0 Å². The molecule has 0 saturated carbocycles. The van der Waals surface area contributed by atoms with Gasteiger partial charge in [-0.25, -0.2) is 9.67 Å². The Hall–Kier alpha value is -2.51. The lowest BCUT2D eigenvalue weighted by Crippen LogP contribution is -2.37. The molecule has 2 N–H and O–H groups in total. The molecule has 3 aromatic rings. The molecule has 1 aliphatic rings. The van der Waals surface area contributed by atoms with E-state index >= 15 is 0 Å². The molecule has 4 rings (SSSR count). The van der Waals surface area contributed by atoms with Gasteiger partial charge >= 0.3 is 0 Å². The first-order valence-corrected chi connectivity index (χ1v) is 8.08. The third kappa shape index (κ3) is 3.22. The fourth-order valence-electron chi connectivity index (χ4n) is 3.25. The van der Waals surface area contributed by atoms with Crippen LogP contribution in [-0.4, -0.2) is 53.7 Å².